The number of nitrogens with zero attached hydrogens (tertiary/aromatic N) is 4. The second-order valence-electron chi connectivity index (χ2n) is 10.2. The first-order valence-corrected chi connectivity index (χ1v) is 11.0. The molecule has 0 saturated carbocycles. The van der Waals surface area contributed by atoms with E-state index < -0.39 is 0 Å². The Morgan fingerprint density at radius 1 is 1.00 bits per heavy atom. The second-order valence-corrected chi connectivity index (χ2v) is 10.2. The number of rotatable bonds is 8. The van der Waals surface area contributed by atoms with Crippen LogP contribution in [0.3, 0.4) is 0 Å². The third-order valence-corrected chi connectivity index (χ3v) is 5.44. The Balaban J connectivity index is 1.96. The maximum Gasteiger partial charge on any atom is 0.173 e. The van der Waals surface area contributed by atoms with Gasteiger partial charge in [0, 0.05) is 13.1 Å². The zero-order chi connectivity index (χ0) is 22.6. The Kier molecular flexibility index (Phi) is 6.92. The van der Waals surface area contributed by atoms with E-state index in [1.165, 1.54) is 11.1 Å². The molecule has 1 unspecified atom stereocenters. The molecule has 0 saturated heterocycles. The third kappa shape index (κ3) is 5.99. The monoisotopic (exact) mass is 420 g/mol. The normalized spacial score (nSPS) is 13.4. The van der Waals surface area contributed by atoms with Crippen LogP contribution in [-0.4, -0.2) is 20.2 Å². The summed E-state index contributed by atoms with van der Waals surface area (Å²) in [6.45, 7) is 14.5. The highest BCUT2D eigenvalue weighted by atomic mass is 15.6. The van der Waals surface area contributed by atoms with Crippen LogP contribution in [0.4, 0.5) is 0 Å². The number of aromatic nitrogens is 4. The number of benzene rings is 2. The van der Waals surface area contributed by atoms with Crippen molar-refractivity contribution in [1.29, 1.82) is 0 Å². The number of aryl methyl sites for hydroxylation is 1. The Morgan fingerprint density at radius 2 is 1.68 bits per heavy atom. The number of nitrogens with two attached hydrogens (primary N) is 1. The highest BCUT2D eigenvalue weighted by Gasteiger charge is 2.33. The minimum absolute atomic E-state index is 0.128. The minimum Gasteiger partial charge on any atom is -0.326 e. The zero-order valence-electron chi connectivity index (χ0n) is 19.7. The standard InChI is InChI=1S/C25H36N6/c1-18-10-12-21(13-11-18)22(27-16-20-9-7-8-19(14-20)15-26)23-28-29-30-31(23)25(5,6)17-24(2,3)4/h7-14,22,27H,15-17,26H2,1-6H3. The molecule has 166 valence electrons. The molecule has 3 rings (SSSR count). The van der Waals surface area contributed by atoms with Crippen molar-refractivity contribution in [3.63, 3.8) is 0 Å². The fraction of sp³-hybridized carbons (Fsp3) is 0.480. The molecule has 0 bridgehead atoms. The van der Waals surface area contributed by atoms with Crippen LogP contribution in [-0.2, 0) is 18.6 Å². The van der Waals surface area contributed by atoms with Gasteiger partial charge in [-0.3, -0.25) is 5.32 Å². The van der Waals surface area contributed by atoms with Gasteiger partial charge in [0.1, 0.15) is 0 Å². The number of hydrogen-bond acceptors (Lipinski definition) is 5. The van der Waals surface area contributed by atoms with Crippen LogP contribution in [0.1, 0.15) is 75.2 Å². The van der Waals surface area contributed by atoms with Crippen molar-refractivity contribution in [3.8, 4) is 0 Å². The van der Waals surface area contributed by atoms with Crippen LogP contribution < -0.4 is 11.1 Å². The second kappa shape index (κ2) is 9.28. The van der Waals surface area contributed by atoms with Gasteiger partial charge < -0.3 is 5.73 Å². The Morgan fingerprint density at radius 3 is 2.32 bits per heavy atom. The van der Waals surface area contributed by atoms with Gasteiger partial charge in [-0.15, -0.1) is 5.10 Å². The molecule has 0 aliphatic carbocycles. The molecule has 0 spiro atoms. The summed E-state index contributed by atoms with van der Waals surface area (Å²) in [5.74, 6) is 0.827. The van der Waals surface area contributed by atoms with Crippen LogP contribution in [0, 0.1) is 12.3 Å². The first kappa shape index (κ1) is 23.1. The molecule has 3 aromatic rings. The minimum atomic E-state index is -0.221. The van der Waals surface area contributed by atoms with Crippen LogP contribution in [0.5, 0.6) is 0 Å². The SMILES string of the molecule is Cc1ccc(C(NCc2cccc(CN)c2)c2nnnn2C(C)(C)CC(C)(C)C)cc1. The molecule has 0 aliphatic heterocycles. The molecule has 3 N–H and O–H groups in total. The summed E-state index contributed by atoms with van der Waals surface area (Å²) in [5, 5.41) is 16.7. The van der Waals surface area contributed by atoms with Gasteiger partial charge >= 0.3 is 0 Å². The summed E-state index contributed by atoms with van der Waals surface area (Å²) >= 11 is 0. The maximum atomic E-state index is 5.82. The molecular weight excluding hydrogens is 384 g/mol. The van der Waals surface area contributed by atoms with Gasteiger partial charge in [0.25, 0.3) is 0 Å². The Bertz CT molecular complexity index is 982. The van der Waals surface area contributed by atoms with Crippen LogP contribution in [0.25, 0.3) is 0 Å². The zero-order valence-corrected chi connectivity index (χ0v) is 19.7. The molecular formula is C25H36N6. The van der Waals surface area contributed by atoms with Crippen LogP contribution >= 0.6 is 0 Å². The summed E-state index contributed by atoms with van der Waals surface area (Å²) in [7, 11) is 0. The van der Waals surface area contributed by atoms with Gasteiger partial charge in [-0.2, -0.15) is 0 Å². The fourth-order valence-corrected chi connectivity index (χ4v) is 4.38. The topological polar surface area (TPSA) is 81.7 Å². The molecule has 1 aromatic heterocycles. The largest absolute Gasteiger partial charge is 0.326 e. The van der Waals surface area contributed by atoms with Crippen molar-refractivity contribution in [2.24, 2.45) is 11.1 Å². The molecule has 6 heteroatoms. The summed E-state index contributed by atoms with van der Waals surface area (Å²) < 4.78 is 1.99. The Labute approximate surface area is 186 Å². The van der Waals surface area contributed by atoms with Gasteiger partial charge in [-0.05, 0) is 59.7 Å². The van der Waals surface area contributed by atoms with E-state index in [-0.39, 0.29) is 17.0 Å². The van der Waals surface area contributed by atoms with Gasteiger partial charge in [-0.1, -0.05) is 74.9 Å². The van der Waals surface area contributed by atoms with Crippen molar-refractivity contribution < 1.29 is 0 Å². The van der Waals surface area contributed by atoms with Crippen molar-refractivity contribution in [2.75, 3.05) is 0 Å². The van der Waals surface area contributed by atoms with Gasteiger partial charge in [0.2, 0.25) is 0 Å². The van der Waals surface area contributed by atoms with E-state index in [4.69, 9.17) is 5.73 Å². The number of tetrazole rings is 1. The van der Waals surface area contributed by atoms with E-state index >= 15 is 0 Å². The highest BCUT2D eigenvalue weighted by Crippen LogP contribution is 2.34. The van der Waals surface area contributed by atoms with E-state index in [2.05, 4.69) is 111 Å². The fourth-order valence-electron chi connectivity index (χ4n) is 4.38. The first-order chi connectivity index (χ1) is 14.6. The van der Waals surface area contributed by atoms with Gasteiger partial charge in [0.15, 0.2) is 5.82 Å². The lowest BCUT2D eigenvalue weighted by Crippen LogP contribution is -2.36. The van der Waals surface area contributed by atoms with Crippen molar-refractivity contribution in [3.05, 3.63) is 76.6 Å². The molecule has 2 aromatic carbocycles. The van der Waals surface area contributed by atoms with Crippen LogP contribution in [0.2, 0.25) is 0 Å². The lowest BCUT2D eigenvalue weighted by molar-refractivity contribution is 0.188. The van der Waals surface area contributed by atoms with E-state index in [9.17, 15) is 0 Å². The summed E-state index contributed by atoms with van der Waals surface area (Å²) in [4.78, 5) is 0. The van der Waals surface area contributed by atoms with Gasteiger partial charge in [0.05, 0.1) is 11.6 Å². The summed E-state index contributed by atoms with van der Waals surface area (Å²) in [5.41, 5.74) is 10.4. The molecule has 6 nitrogen and oxygen atoms in total. The highest BCUT2D eigenvalue weighted by molar-refractivity contribution is 5.29. The number of nitrogens with one attached hydrogen (secondary N) is 1. The van der Waals surface area contributed by atoms with E-state index in [0.717, 1.165) is 23.4 Å². The molecule has 31 heavy (non-hydrogen) atoms. The lowest BCUT2D eigenvalue weighted by atomic mass is 9.81. The van der Waals surface area contributed by atoms with E-state index in [1.54, 1.807) is 0 Å². The Hall–Kier alpha value is -2.57. The first-order valence-electron chi connectivity index (χ1n) is 11.0. The molecule has 0 fully saturated rings. The van der Waals surface area contributed by atoms with E-state index in [1.807, 2.05) is 4.68 Å². The molecule has 1 heterocycles. The van der Waals surface area contributed by atoms with E-state index in [0.29, 0.717) is 13.1 Å². The number of hydrogen-bond donors (Lipinski definition) is 2. The predicted octanol–water partition coefficient (Wildman–Crippen LogP) is 4.49. The predicted molar refractivity (Wildman–Crippen MR) is 125 cm³/mol. The smallest absolute Gasteiger partial charge is 0.173 e. The maximum absolute atomic E-state index is 5.82. The quantitative estimate of drug-likeness (QED) is 0.561. The average molecular weight is 421 g/mol. The van der Waals surface area contributed by atoms with Gasteiger partial charge in [-0.25, -0.2) is 4.68 Å². The molecule has 0 amide bonds. The third-order valence-electron chi connectivity index (χ3n) is 5.44. The van der Waals surface area contributed by atoms with Crippen molar-refractivity contribution >= 4 is 0 Å². The summed E-state index contributed by atoms with van der Waals surface area (Å²) in [6, 6.07) is 16.8. The summed E-state index contributed by atoms with van der Waals surface area (Å²) in [6.07, 6.45) is 0.956. The van der Waals surface area contributed by atoms with Crippen molar-refractivity contribution in [2.45, 2.75) is 72.6 Å². The average Bonchev–Trinajstić information content (AvgIpc) is 3.18. The molecule has 0 aliphatic rings. The lowest BCUT2D eigenvalue weighted by Gasteiger charge is -2.34. The molecule has 1 atom stereocenters. The molecule has 0 radical (unpaired) electrons. The van der Waals surface area contributed by atoms with Crippen molar-refractivity contribution in [1.82, 2.24) is 25.5 Å². The van der Waals surface area contributed by atoms with Crippen LogP contribution in [0.15, 0.2) is 48.5 Å².